The number of alkyl halides is 3. The molecular weight excluding hydrogens is 349 g/mol. The molecule has 0 unspecified atom stereocenters. The lowest BCUT2D eigenvalue weighted by Gasteiger charge is -2.13. The molecule has 0 spiro atoms. The average Bonchev–Trinajstić information content (AvgIpc) is 2.37. The van der Waals surface area contributed by atoms with Gasteiger partial charge in [-0.15, -0.1) is 0 Å². The first-order valence-corrected chi connectivity index (χ1v) is 6.75. The van der Waals surface area contributed by atoms with Crippen LogP contribution in [-0.2, 0) is 6.18 Å². The number of hydrogen-bond acceptors (Lipinski definition) is 3. The van der Waals surface area contributed by atoms with Gasteiger partial charge in [0.25, 0.3) is 0 Å². The van der Waals surface area contributed by atoms with Crippen molar-refractivity contribution in [2.24, 2.45) is 0 Å². The predicted octanol–water partition coefficient (Wildman–Crippen LogP) is 4.85. The van der Waals surface area contributed by atoms with Crippen LogP contribution in [0.1, 0.15) is 16.8 Å². The van der Waals surface area contributed by atoms with E-state index in [2.05, 4.69) is 20.9 Å². The number of benzene rings is 1. The molecule has 2 N–H and O–H groups in total. The van der Waals surface area contributed by atoms with E-state index in [1.54, 1.807) is 12.1 Å². The summed E-state index contributed by atoms with van der Waals surface area (Å²) >= 11 is 3.41. The molecule has 112 valence electrons. The van der Waals surface area contributed by atoms with Crippen molar-refractivity contribution in [2.75, 3.05) is 5.73 Å². The normalized spacial score (nSPS) is 11.5. The van der Waals surface area contributed by atoms with Gasteiger partial charge in [0.1, 0.15) is 11.4 Å². The molecule has 2 rings (SSSR count). The molecule has 0 saturated carbocycles. The molecule has 0 radical (unpaired) electrons. The molecule has 0 aliphatic rings. The highest BCUT2D eigenvalue weighted by Gasteiger charge is 2.33. The lowest BCUT2D eigenvalue weighted by Crippen LogP contribution is -2.08. The first-order chi connectivity index (χ1) is 9.68. The Morgan fingerprint density at radius 3 is 2.24 bits per heavy atom. The van der Waals surface area contributed by atoms with Crippen LogP contribution in [0, 0.1) is 13.8 Å². The monoisotopic (exact) mass is 360 g/mol. The van der Waals surface area contributed by atoms with Crippen molar-refractivity contribution in [1.29, 1.82) is 0 Å². The zero-order valence-corrected chi connectivity index (χ0v) is 12.8. The molecule has 0 aliphatic heterocycles. The predicted molar refractivity (Wildman–Crippen MR) is 77.3 cm³/mol. The number of aromatic nitrogens is 1. The van der Waals surface area contributed by atoms with Crippen LogP contribution in [0.5, 0.6) is 11.5 Å². The van der Waals surface area contributed by atoms with Gasteiger partial charge >= 0.3 is 6.18 Å². The van der Waals surface area contributed by atoms with Gasteiger partial charge in [-0.05, 0) is 37.1 Å². The largest absolute Gasteiger partial charge is 0.455 e. The van der Waals surface area contributed by atoms with E-state index in [0.29, 0.717) is 5.75 Å². The van der Waals surface area contributed by atoms with E-state index in [-0.39, 0.29) is 11.4 Å². The second kappa shape index (κ2) is 5.55. The Morgan fingerprint density at radius 1 is 1.14 bits per heavy atom. The van der Waals surface area contributed by atoms with Gasteiger partial charge in [-0.1, -0.05) is 15.9 Å². The summed E-state index contributed by atoms with van der Waals surface area (Å²) in [6, 6.07) is 4.22. The molecule has 1 aromatic carbocycles. The van der Waals surface area contributed by atoms with Gasteiger partial charge < -0.3 is 10.5 Å². The van der Waals surface area contributed by atoms with Crippen molar-refractivity contribution in [3.05, 3.63) is 45.7 Å². The van der Waals surface area contributed by atoms with Crippen LogP contribution in [0.3, 0.4) is 0 Å². The van der Waals surface area contributed by atoms with E-state index in [4.69, 9.17) is 10.5 Å². The van der Waals surface area contributed by atoms with E-state index in [0.717, 1.165) is 27.9 Å². The molecule has 0 fully saturated rings. The van der Waals surface area contributed by atoms with Gasteiger partial charge in [0.05, 0.1) is 11.9 Å². The Labute approximate surface area is 128 Å². The molecule has 0 atom stereocenters. The molecule has 0 amide bonds. The smallest absolute Gasteiger partial charge is 0.433 e. The molecule has 3 nitrogen and oxygen atoms in total. The first kappa shape index (κ1) is 15.6. The van der Waals surface area contributed by atoms with E-state index in [9.17, 15) is 13.2 Å². The maximum atomic E-state index is 12.7. The van der Waals surface area contributed by atoms with Crippen LogP contribution in [-0.4, -0.2) is 4.98 Å². The zero-order valence-electron chi connectivity index (χ0n) is 11.3. The van der Waals surface area contributed by atoms with E-state index in [1.165, 1.54) is 0 Å². The molecule has 0 aliphatic carbocycles. The SMILES string of the molecule is Cc1cc(Oc2cc(C(F)(F)F)ncc2N)cc(C)c1Br. The maximum absolute atomic E-state index is 12.7. The highest BCUT2D eigenvalue weighted by Crippen LogP contribution is 2.35. The van der Waals surface area contributed by atoms with Crippen molar-refractivity contribution < 1.29 is 17.9 Å². The van der Waals surface area contributed by atoms with Crippen LogP contribution >= 0.6 is 15.9 Å². The van der Waals surface area contributed by atoms with Crippen molar-refractivity contribution in [1.82, 2.24) is 4.98 Å². The molecule has 0 bridgehead atoms. The van der Waals surface area contributed by atoms with E-state index in [1.807, 2.05) is 13.8 Å². The number of nitrogen functional groups attached to an aromatic ring is 1. The second-order valence-corrected chi connectivity index (χ2v) is 5.37. The minimum atomic E-state index is -4.54. The zero-order chi connectivity index (χ0) is 15.8. The first-order valence-electron chi connectivity index (χ1n) is 5.96. The third kappa shape index (κ3) is 3.47. The average molecular weight is 361 g/mol. The third-order valence-corrected chi connectivity index (χ3v) is 4.07. The minimum Gasteiger partial charge on any atom is -0.455 e. The number of pyridine rings is 1. The summed E-state index contributed by atoms with van der Waals surface area (Å²) < 4.78 is 44.4. The Kier molecular flexibility index (Phi) is 4.13. The highest BCUT2D eigenvalue weighted by atomic mass is 79.9. The molecule has 1 heterocycles. The summed E-state index contributed by atoms with van der Waals surface area (Å²) in [5.41, 5.74) is 6.44. The van der Waals surface area contributed by atoms with Crippen molar-refractivity contribution in [2.45, 2.75) is 20.0 Å². The van der Waals surface area contributed by atoms with Crippen molar-refractivity contribution >= 4 is 21.6 Å². The summed E-state index contributed by atoms with van der Waals surface area (Å²) in [6.45, 7) is 3.72. The molecule has 0 saturated heterocycles. The van der Waals surface area contributed by atoms with Crippen LogP contribution in [0.2, 0.25) is 0 Å². The molecule has 21 heavy (non-hydrogen) atoms. The van der Waals surface area contributed by atoms with Crippen molar-refractivity contribution in [3.63, 3.8) is 0 Å². The minimum absolute atomic E-state index is 0.0428. The Balaban J connectivity index is 2.40. The third-order valence-electron chi connectivity index (χ3n) is 2.82. The van der Waals surface area contributed by atoms with Gasteiger partial charge in [-0.25, -0.2) is 4.98 Å². The fraction of sp³-hybridized carbons (Fsp3) is 0.214. The van der Waals surface area contributed by atoms with Gasteiger partial charge in [-0.3, -0.25) is 0 Å². The number of rotatable bonds is 2. The fourth-order valence-corrected chi connectivity index (χ4v) is 2.01. The number of halogens is 4. The maximum Gasteiger partial charge on any atom is 0.433 e. The van der Waals surface area contributed by atoms with Gasteiger partial charge in [0.15, 0.2) is 5.75 Å². The lowest BCUT2D eigenvalue weighted by atomic mass is 10.1. The summed E-state index contributed by atoms with van der Waals surface area (Å²) in [6.07, 6.45) is -3.60. The van der Waals surface area contributed by atoms with Crippen LogP contribution in [0.25, 0.3) is 0 Å². The fourth-order valence-electron chi connectivity index (χ4n) is 1.78. The summed E-state index contributed by atoms with van der Waals surface area (Å²) in [5.74, 6) is 0.345. The number of nitrogens with zero attached hydrogens (tertiary/aromatic N) is 1. The summed E-state index contributed by atoms with van der Waals surface area (Å²) in [5, 5.41) is 0. The molecular formula is C14H12BrF3N2O. The van der Waals surface area contributed by atoms with Gasteiger partial charge in [0.2, 0.25) is 0 Å². The van der Waals surface area contributed by atoms with E-state index >= 15 is 0 Å². The highest BCUT2D eigenvalue weighted by molar-refractivity contribution is 9.10. The Bertz CT molecular complexity index is 663. The number of hydrogen-bond donors (Lipinski definition) is 1. The van der Waals surface area contributed by atoms with E-state index < -0.39 is 11.9 Å². The van der Waals surface area contributed by atoms with Crippen molar-refractivity contribution in [3.8, 4) is 11.5 Å². The lowest BCUT2D eigenvalue weighted by molar-refractivity contribution is -0.141. The number of anilines is 1. The molecule has 1 aromatic heterocycles. The van der Waals surface area contributed by atoms with Gasteiger partial charge in [0, 0.05) is 10.5 Å². The van der Waals surface area contributed by atoms with Crippen LogP contribution < -0.4 is 10.5 Å². The standard InChI is InChI=1S/C14H12BrF3N2O/c1-7-3-9(4-8(2)13(7)15)21-11-5-12(14(16,17)18)20-6-10(11)19/h3-6H,19H2,1-2H3. The summed E-state index contributed by atoms with van der Waals surface area (Å²) in [4.78, 5) is 3.26. The quantitative estimate of drug-likeness (QED) is 0.832. The van der Waals surface area contributed by atoms with Gasteiger partial charge in [-0.2, -0.15) is 13.2 Å². The van der Waals surface area contributed by atoms with Crippen LogP contribution in [0.4, 0.5) is 18.9 Å². The Morgan fingerprint density at radius 2 is 1.71 bits per heavy atom. The molecule has 2 aromatic rings. The summed E-state index contributed by atoms with van der Waals surface area (Å²) in [7, 11) is 0. The number of nitrogens with two attached hydrogens (primary N) is 1. The topological polar surface area (TPSA) is 48.1 Å². The number of ether oxygens (including phenoxy) is 1. The van der Waals surface area contributed by atoms with Crippen LogP contribution in [0.15, 0.2) is 28.9 Å². The molecule has 7 heteroatoms. The number of aryl methyl sites for hydroxylation is 2. The second-order valence-electron chi connectivity index (χ2n) is 4.58. The Hall–Kier alpha value is -1.76.